The maximum absolute atomic E-state index is 14.9. The molecule has 0 radical (unpaired) electrons. The predicted octanol–water partition coefficient (Wildman–Crippen LogP) is 17.2. The van der Waals surface area contributed by atoms with Gasteiger partial charge in [-0.2, -0.15) is 0 Å². The lowest BCUT2D eigenvalue weighted by Gasteiger charge is -2.50. The van der Waals surface area contributed by atoms with Crippen LogP contribution in [0.2, 0.25) is 0 Å². The molecular formula is C90H169O25P. The third-order valence-electron chi connectivity index (χ3n) is 23.5. The Balaban J connectivity index is 1.92. The number of aliphatic hydroxyl groups excluding tert-OH is 9. The first-order valence-corrected chi connectivity index (χ1v) is 48.7. The first-order chi connectivity index (χ1) is 56.1. The summed E-state index contributed by atoms with van der Waals surface area (Å²) in [7, 11) is -5.80. The standard InChI is InChI=1S/C90H169O25P/c1-6-10-14-18-22-25-28-31-32-35-37-40-43-50-56-62-74(93)107-68-72-78(97)80(99)84(103)90(111-72)114-87-85(112-76(95)64-58-51-44-41-38-34-30-27-24-20-16-12-8-3)81(100)82(101)86(113-89-83(102)79(98)77(96)71(65-91)110-89)88(87)115-116(104,105)108-67-70(66-106-73(92)61-55-49-42-39-36-33-29-26-23-19-15-11-7-2)109-75(94)63-57-52-46-45-48-54-60-69(5)59-53-47-21-17-13-9-4/h69-72,77-91,96-103H,6-68H2,1-5H3,(H,104,105). The molecule has 0 amide bonds. The van der Waals surface area contributed by atoms with Crippen molar-refractivity contribution in [1.82, 2.24) is 0 Å². The van der Waals surface area contributed by atoms with Gasteiger partial charge in [-0.3, -0.25) is 28.2 Å². The number of aliphatic hydroxyl groups is 9. The summed E-state index contributed by atoms with van der Waals surface area (Å²) in [4.78, 5) is 66.5. The van der Waals surface area contributed by atoms with Crippen molar-refractivity contribution in [2.75, 3.05) is 26.4 Å². The predicted molar refractivity (Wildman–Crippen MR) is 449 cm³/mol. The molecule has 19 unspecified atom stereocenters. The Morgan fingerprint density at radius 1 is 0.336 bits per heavy atom. The minimum Gasteiger partial charge on any atom is -0.463 e. The highest BCUT2D eigenvalue weighted by Crippen LogP contribution is 2.49. The fourth-order valence-corrected chi connectivity index (χ4v) is 16.9. The van der Waals surface area contributed by atoms with E-state index < -0.39 is 162 Å². The van der Waals surface area contributed by atoms with Crippen LogP contribution < -0.4 is 0 Å². The summed E-state index contributed by atoms with van der Waals surface area (Å²) in [6, 6.07) is 0. The average molecular weight is 1680 g/mol. The van der Waals surface area contributed by atoms with Crippen molar-refractivity contribution in [1.29, 1.82) is 0 Å². The molecule has 684 valence electrons. The molecule has 10 N–H and O–H groups in total. The highest BCUT2D eigenvalue weighted by molar-refractivity contribution is 7.47. The molecule has 0 aromatic carbocycles. The second kappa shape index (κ2) is 68.9. The summed E-state index contributed by atoms with van der Waals surface area (Å²) in [5, 5.41) is 102. The molecule has 0 spiro atoms. The van der Waals surface area contributed by atoms with E-state index in [-0.39, 0.29) is 25.7 Å². The summed E-state index contributed by atoms with van der Waals surface area (Å²) >= 11 is 0. The van der Waals surface area contributed by atoms with Crippen LogP contribution in [0.1, 0.15) is 413 Å². The maximum Gasteiger partial charge on any atom is 0.472 e. The maximum atomic E-state index is 14.9. The Bertz CT molecular complexity index is 2430. The molecule has 26 heteroatoms. The molecule has 0 aromatic heterocycles. The molecule has 2 aliphatic heterocycles. The number of hydrogen-bond donors (Lipinski definition) is 10. The first-order valence-electron chi connectivity index (χ1n) is 47.2. The second-order valence-corrected chi connectivity index (χ2v) is 35.6. The van der Waals surface area contributed by atoms with Gasteiger partial charge < -0.3 is 88.7 Å². The van der Waals surface area contributed by atoms with E-state index in [1.54, 1.807) is 0 Å². The van der Waals surface area contributed by atoms with E-state index in [1.807, 2.05) is 0 Å². The quantitative estimate of drug-likeness (QED) is 0.0117. The molecule has 25 nitrogen and oxygen atoms in total. The van der Waals surface area contributed by atoms with Gasteiger partial charge in [0.15, 0.2) is 24.8 Å². The van der Waals surface area contributed by atoms with Crippen molar-refractivity contribution in [3.05, 3.63) is 0 Å². The van der Waals surface area contributed by atoms with Crippen LogP contribution in [0.5, 0.6) is 0 Å². The van der Waals surface area contributed by atoms with Gasteiger partial charge in [0.05, 0.1) is 13.2 Å². The van der Waals surface area contributed by atoms with Gasteiger partial charge in [-0.05, 0) is 31.6 Å². The molecule has 0 aromatic rings. The lowest BCUT2D eigenvalue weighted by atomic mass is 9.84. The molecule has 19 atom stereocenters. The Hall–Kier alpha value is -2.53. The zero-order chi connectivity index (χ0) is 84.8. The number of carbonyl (C=O) groups excluding carboxylic acids is 4. The van der Waals surface area contributed by atoms with Gasteiger partial charge in [0.25, 0.3) is 0 Å². The zero-order valence-corrected chi connectivity index (χ0v) is 73.9. The van der Waals surface area contributed by atoms with Gasteiger partial charge in [-0.25, -0.2) is 4.57 Å². The van der Waals surface area contributed by atoms with Crippen molar-refractivity contribution in [2.24, 2.45) is 5.92 Å². The van der Waals surface area contributed by atoms with Gasteiger partial charge >= 0.3 is 31.7 Å². The topological polar surface area (TPSA) is 380 Å². The largest absolute Gasteiger partial charge is 0.472 e. The fraction of sp³-hybridized carbons (Fsp3) is 0.956. The SMILES string of the molecule is CCCCCCCCCCCCCCCCCC(=O)OCC1OC(OC2C(OC(=O)CCCCCCCCCCCCCCC)C(O)C(O)C(OC3OC(CO)C(O)C(O)C3O)C2OP(=O)(O)OCC(COC(=O)CCCCCCCCCCCCCCC)OC(=O)CCCCCCCCC(C)CCCCCCCC)C(O)C(O)C1O. The van der Waals surface area contributed by atoms with Crippen molar-refractivity contribution < 1.29 is 122 Å². The summed E-state index contributed by atoms with van der Waals surface area (Å²) in [6.45, 7) is 7.94. The van der Waals surface area contributed by atoms with E-state index in [4.69, 9.17) is 46.9 Å². The second-order valence-electron chi connectivity index (χ2n) is 34.2. The summed E-state index contributed by atoms with van der Waals surface area (Å²) < 4.78 is 73.5. The normalized spacial score (nSPS) is 25.4. The highest BCUT2D eigenvalue weighted by atomic mass is 31.2. The number of unbranched alkanes of at least 4 members (excludes halogenated alkanes) is 48. The summed E-state index contributed by atoms with van der Waals surface area (Å²) in [5.41, 5.74) is 0. The van der Waals surface area contributed by atoms with Gasteiger partial charge in [-0.15, -0.1) is 0 Å². The van der Waals surface area contributed by atoms with E-state index in [2.05, 4.69) is 34.6 Å². The lowest BCUT2D eigenvalue weighted by molar-refractivity contribution is -0.360. The smallest absolute Gasteiger partial charge is 0.463 e. The van der Waals surface area contributed by atoms with E-state index >= 15 is 0 Å². The van der Waals surface area contributed by atoms with Crippen LogP contribution in [-0.4, -0.2) is 205 Å². The molecule has 2 heterocycles. The monoisotopic (exact) mass is 1680 g/mol. The average Bonchev–Trinajstić information content (AvgIpc) is 0.753. The van der Waals surface area contributed by atoms with Crippen LogP contribution in [0.15, 0.2) is 0 Å². The number of carbonyl (C=O) groups is 4. The summed E-state index contributed by atoms with van der Waals surface area (Å²) in [5.74, 6) is -2.27. The van der Waals surface area contributed by atoms with E-state index in [0.717, 1.165) is 128 Å². The first kappa shape index (κ1) is 108. The molecule has 1 aliphatic carbocycles. The van der Waals surface area contributed by atoms with E-state index in [9.17, 15) is 74.6 Å². The van der Waals surface area contributed by atoms with Crippen molar-refractivity contribution in [3.63, 3.8) is 0 Å². The van der Waals surface area contributed by atoms with Gasteiger partial charge in [0, 0.05) is 25.7 Å². The molecule has 116 heavy (non-hydrogen) atoms. The van der Waals surface area contributed by atoms with E-state index in [1.165, 1.54) is 193 Å². The third kappa shape index (κ3) is 49.1. The molecule has 3 fully saturated rings. The molecule has 3 aliphatic rings. The lowest BCUT2D eigenvalue weighted by Crippen LogP contribution is -2.70. The highest BCUT2D eigenvalue weighted by Gasteiger charge is 2.60. The van der Waals surface area contributed by atoms with Crippen LogP contribution in [-0.2, 0) is 70.7 Å². The molecule has 3 rings (SSSR count). The number of phosphoric ester groups is 1. The minimum atomic E-state index is -5.80. The van der Waals surface area contributed by atoms with Crippen LogP contribution in [0, 0.1) is 5.92 Å². The number of hydrogen-bond acceptors (Lipinski definition) is 24. The van der Waals surface area contributed by atoms with Crippen LogP contribution in [0.3, 0.4) is 0 Å². The number of esters is 4. The van der Waals surface area contributed by atoms with Crippen LogP contribution in [0.25, 0.3) is 0 Å². The van der Waals surface area contributed by atoms with E-state index in [0.29, 0.717) is 38.0 Å². The van der Waals surface area contributed by atoms with Crippen molar-refractivity contribution in [3.8, 4) is 0 Å². The third-order valence-corrected chi connectivity index (χ3v) is 24.5. The van der Waals surface area contributed by atoms with Crippen LogP contribution in [0.4, 0.5) is 0 Å². The molecular weight excluding hydrogens is 1510 g/mol. The minimum absolute atomic E-state index is 0.0198. The van der Waals surface area contributed by atoms with Gasteiger partial charge in [0.1, 0.15) is 92.6 Å². The van der Waals surface area contributed by atoms with Gasteiger partial charge in [-0.1, -0.05) is 362 Å². The van der Waals surface area contributed by atoms with Crippen molar-refractivity contribution >= 4 is 31.7 Å². The number of phosphoric acid groups is 1. The number of rotatable bonds is 76. The van der Waals surface area contributed by atoms with Crippen LogP contribution >= 0.6 is 7.82 Å². The Kier molecular flexibility index (Phi) is 63.9. The Morgan fingerprint density at radius 2 is 0.647 bits per heavy atom. The summed E-state index contributed by atoms with van der Waals surface area (Å²) in [6.07, 6.45) is 23.9. The van der Waals surface area contributed by atoms with Crippen molar-refractivity contribution in [2.45, 2.75) is 518 Å². The number of ether oxygens (including phenoxy) is 8. The zero-order valence-electron chi connectivity index (χ0n) is 73.0. The Labute approximate surface area is 699 Å². The molecule has 1 saturated carbocycles. The van der Waals surface area contributed by atoms with Gasteiger partial charge in [0.2, 0.25) is 0 Å². The fourth-order valence-electron chi connectivity index (χ4n) is 15.9. The molecule has 0 bridgehead atoms. The Morgan fingerprint density at radius 3 is 1.03 bits per heavy atom. The molecule has 2 saturated heterocycles.